The van der Waals surface area contributed by atoms with E-state index >= 15 is 0 Å². The Morgan fingerprint density at radius 3 is 2.61 bits per heavy atom. The molecule has 3 N–H and O–H groups in total. The lowest BCUT2D eigenvalue weighted by Gasteiger charge is -2.11. The molecule has 1 aromatic heterocycles. The lowest BCUT2D eigenvalue weighted by Crippen LogP contribution is -2.42. The van der Waals surface area contributed by atoms with E-state index in [0.29, 0.717) is 5.69 Å². The van der Waals surface area contributed by atoms with E-state index in [2.05, 4.69) is 21.0 Å². The summed E-state index contributed by atoms with van der Waals surface area (Å²) in [6.45, 7) is 4.19. The van der Waals surface area contributed by atoms with Gasteiger partial charge >= 0.3 is 0 Å². The van der Waals surface area contributed by atoms with Gasteiger partial charge in [0, 0.05) is 5.56 Å². The van der Waals surface area contributed by atoms with Gasteiger partial charge in [-0.2, -0.15) is 5.10 Å². The summed E-state index contributed by atoms with van der Waals surface area (Å²) < 4.78 is 5.64. The molecule has 0 aliphatic rings. The van der Waals surface area contributed by atoms with Crippen molar-refractivity contribution in [1.82, 2.24) is 21.0 Å². The first-order chi connectivity index (χ1) is 13.5. The molecule has 0 radical (unpaired) electrons. The Labute approximate surface area is 163 Å². The van der Waals surface area contributed by atoms with Gasteiger partial charge in [0.05, 0.1) is 18.7 Å². The van der Waals surface area contributed by atoms with Gasteiger partial charge in [-0.15, -0.1) is 0 Å². The maximum atomic E-state index is 12.1. The first-order valence-corrected chi connectivity index (χ1v) is 8.93. The fourth-order valence-electron chi connectivity index (χ4n) is 2.59. The van der Waals surface area contributed by atoms with Crippen molar-refractivity contribution < 1.29 is 14.3 Å². The largest absolute Gasteiger partial charge is 0.493 e. The molecule has 2 amide bonds. The van der Waals surface area contributed by atoms with E-state index in [1.807, 2.05) is 62.4 Å². The van der Waals surface area contributed by atoms with Crippen LogP contribution >= 0.6 is 0 Å². The molecule has 144 valence electrons. The molecule has 0 aliphatic carbocycles. The van der Waals surface area contributed by atoms with Gasteiger partial charge in [0.25, 0.3) is 5.91 Å². The minimum Gasteiger partial charge on any atom is -0.493 e. The second-order valence-electron chi connectivity index (χ2n) is 6.33. The van der Waals surface area contributed by atoms with Gasteiger partial charge in [0.1, 0.15) is 11.4 Å². The number of ether oxygens (including phenoxy) is 1. The SMILES string of the molecule is Cc1cccc(OCCC(=O)NNC(=O)c2cc(-c3ccccc3)n[nH]2)c1C. The molecule has 2 aromatic carbocycles. The highest BCUT2D eigenvalue weighted by atomic mass is 16.5. The Morgan fingerprint density at radius 2 is 1.82 bits per heavy atom. The molecule has 0 saturated heterocycles. The highest BCUT2D eigenvalue weighted by molar-refractivity contribution is 5.94. The Balaban J connectivity index is 1.45. The van der Waals surface area contributed by atoms with Crippen LogP contribution in [0.1, 0.15) is 28.0 Å². The van der Waals surface area contributed by atoms with Crippen molar-refractivity contribution in [2.75, 3.05) is 6.61 Å². The number of aromatic amines is 1. The van der Waals surface area contributed by atoms with Crippen LogP contribution in [0.15, 0.2) is 54.6 Å². The third kappa shape index (κ3) is 4.76. The summed E-state index contributed by atoms with van der Waals surface area (Å²) in [6.07, 6.45) is 0.117. The molecule has 0 bridgehead atoms. The van der Waals surface area contributed by atoms with Crippen LogP contribution in [-0.2, 0) is 4.79 Å². The minimum atomic E-state index is -0.474. The van der Waals surface area contributed by atoms with Crippen LogP contribution in [0.25, 0.3) is 11.3 Å². The molecular weight excluding hydrogens is 356 g/mol. The predicted octanol–water partition coefficient (Wildman–Crippen LogP) is 2.92. The first-order valence-electron chi connectivity index (χ1n) is 8.93. The molecule has 0 atom stereocenters. The molecule has 0 unspecified atom stereocenters. The minimum absolute atomic E-state index is 0.117. The molecular formula is C21H22N4O3. The van der Waals surface area contributed by atoms with E-state index < -0.39 is 5.91 Å². The second-order valence-corrected chi connectivity index (χ2v) is 6.33. The lowest BCUT2D eigenvalue weighted by molar-refractivity contribution is -0.122. The zero-order valence-corrected chi connectivity index (χ0v) is 15.8. The number of nitrogens with one attached hydrogen (secondary N) is 3. The van der Waals surface area contributed by atoms with Crippen LogP contribution in [0.5, 0.6) is 5.75 Å². The van der Waals surface area contributed by atoms with Crippen LogP contribution in [0.4, 0.5) is 0 Å². The third-order valence-corrected chi connectivity index (χ3v) is 4.35. The van der Waals surface area contributed by atoms with Crippen LogP contribution in [0.3, 0.4) is 0 Å². The van der Waals surface area contributed by atoms with Gasteiger partial charge in [-0.1, -0.05) is 42.5 Å². The average Bonchev–Trinajstić information content (AvgIpc) is 3.20. The number of hydrogen-bond donors (Lipinski definition) is 3. The molecule has 0 fully saturated rings. The molecule has 0 spiro atoms. The molecule has 7 heteroatoms. The van der Waals surface area contributed by atoms with Gasteiger partial charge in [-0.05, 0) is 37.1 Å². The Kier molecular flexibility index (Phi) is 6.06. The topological polar surface area (TPSA) is 96.1 Å². The second kappa shape index (κ2) is 8.85. The number of rotatable bonds is 6. The van der Waals surface area contributed by atoms with E-state index in [0.717, 1.165) is 22.4 Å². The number of nitrogens with zero attached hydrogens (tertiary/aromatic N) is 1. The van der Waals surface area contributed by atoms with E-state index in [-0.39, 0.29) is 24.6 Å². The number of hydrogen-bond acceptors (Lipinski definition) is 4. The van der Waals surface area contributed by atoms with Crippen LogP contribution in [-0.4, -0.2) is 28.6 Å². The fraction of sp³-hybridized carbons (Fsp3) is 0.190. The summed E-state index contributed by atoms with van der Waals surface area (Å²) >= 11 is 0. The van der Waals surface area contributed by atoms with Crippen LogP contribution in [0, 0.1) is 13.8 Å². The molecule has 3 rings (SSSR count). The summed E-state index contributed by atoms with van der Waals surface area (Å²) in [7, 11) is 0. The number of aromatic nitrogens is 2. The maximum absolute atomic E-state index is 12.1. The number of carbonyl (C=O) groups is 2. The molecule has 7 nitrogen and oxygen atoms in total. The van der Waals surface area contributed by atoms with Crippen LogP contribution < -0.4 is 15.6 Å². The van der Waals surface area contributed by atoms with Gasteiger partial charge in [0.15, 0.2) is 0 Å². The summed E-state index contributed by atoms with van der Waals surface area (Å²) in [6, 6.07) is 16.9. The van der Waals surface area contributed by atoms with Gasteiger partial charge in [-0.3, -0.25) is 25.5 Å². The molecule has 28 heavy (non-hydrogen) atoms. The van der Waals surface area contributed by atoms with Crippen molar-refractivity contribution in [3.8, 4) is 17.0 Å². The van der Waals surface area contributed by atoms with E-state index in [4.69, 9.17) is 4.74 Å². The third-order valence-electron chi connectivity index (χ3n) is 4.35. The van der Waals surface area contributed by atoms with E-state index in [9.17, 15) is 9.59 Å². The Hall–Kier alpha value is -3.61. The van der Waals surface area contributed by atoms with Gasteiger partial charge in [-0.25, -0.2) is 0 Å². The number of benzene rings is 2. The highest BCUT2D eigenvalue weighted by Crippen LogP contribution is 2.20. The quantitative estimate of drug-likeness (QED) is 0.575. The maximum Gasteiger partial charge on any atom is 0.287 e. The highest BCUT2D eigenvalue weighted by Gasteiger charge is 2.12. The number of carbonyl (C=O) groups excluding carboxylic acids is 2. The summed E-state index contributed by atoms with van der Waals surface area (Å²) in [5.74, 6) is -0.0670. The zero-order chi connectivity index (χ0) is 19.9. The van der Waals surface area contributed by atoms with Crippen LogP contribution in [0.2, 0.25) is 0 Å². The van der Waals surface area contributed by atoms with Crippen molar-refractivity contribution in [1.29, 1.82) is 0 Å². The number of aryl methyl sites for hydroxylation is 1. The molecule has 0 aliphatic heterocycles. The van der Waals surface area contributed by atoms with Gasteiger partial charge in [0.2, 0.25) is 5.91 Å². The predicted molar refractivity (Wildman–Crippen MR) is 106 cm³/mol. The van der Waals surface area contributed by atoms with Crippen molar-refractivity contribution in [3.05, 3.63) is 71.4 Å². The van der Waals surface area contributed by atoms with Crippen molar-refractivity contribution >= 4 is 11.8 Å². The van der Waals surface area contributed by atoms with E-state index in [1.165, 1.54) is 0 Å². The smallest absolute Gasteiger partial charge is 0.287 e. The monoisotopic (exact) mass is 378 g/mol. The lowest BCUT2D eigenvalue weighted by atomic mass is 10.1. The van der Waals surface area contributed by atoms with E-state index in [1.54, 1.807) is 6.07 Å². The normalized spacial score (nSPS) is 10.4. The summed E-state index contributed by atoms with van der Waals surface area (Å²) in [5, 5.41) is 6.78. The summed E-state index contributed by atoms with van der Waals surface area (Å²) in [4.78, 5) is 24.1. The number of H-pyrrole nitrogens is 1. The number of hydrazine groups is 1. The zero-order valence-electron chi connectivity index (χ0n) is 15.8. The first kappa shape index (κ1) is 19.2. The Morgan fingerprint density at radius 1 is 1.04 bits per heavy atom. The molecule has 1 heterocycles. The summed E-state index contributed by atoms with van der Waals surface area (Å²) in [5.41, 5.74) is 8.72. The molecule has 0 saturated carbocycles. The number of amides is 2. The average molecular weight is 378 g/mol. The molecule has 3 aromatic rings. The Bertz CT molecular complexity index is 967. The van der Waals surface area contributed by atoms with Crippen molar-refractivity contribution in [2.24, 2.45) is 0 Å². The fourth-order valence-corrected chi connectivity index (χ4v) is 2.59. The standard InChI is InChI=1S/C21H22N4O3/c1-14-7-6-10-19(15(14)2)28-12-11-20(26)24-25-21(27)18-13-17(22-23-18)16-8-4-3-5-9-16/h3-10,13H,11-12H2,1-2H3,(H,22,23)(H,24,26)(H,25,27). The van der Waals surface area contributed by atoms with Gasteiger partial charge < -0.3 is 4.74 Å². The van der Waals surface area contributed by atoms with Crippen molar-refractivity contribution in [3.63, 3.8) is 0 Å². The van der Waals surface area contributed by atoms with Crippen molar-refractivity contribution in [2.45, 2.75) is 20.3 Å².